The second-order valence-electron chi connectivity index (χ2n) is 9.69. The Morgan fingerprint density at radius 2 is 1.16 bits per heavy atom. The summed E-state index contributed by atoms with van der Waals surface area (Å²) in [6.07, 6.45) is 1.81. The second-order valence-corrected chi connectivity index (χ2v) is 9.69. The molecule has 1 heteroatoms. The van der Waals surface area contributed by atoms with Crippen LogP contribution in [0.25, 0.3) is 0 Å². The predicted molar refractivity (Wildman–Crippen MR) is 133 cm³/mol. The number of rotatable bonds is 8. The first-order chi connectivity index (χ1) is 14.8. The van der Waals surface area contributed by atoms with Crippen molar-refractivity contribution in [3.05, 3.63) is 105 Å². The van der Waals surface area contributed by atoms with Crippen LogP contribution >= 0.6 is 0 Å². The predicted octanol–water partition coefficient (Wildman–Crippen LogP) is 7.73. The van der Waals surface area contributed by atoms with Crippen LogP contribution in [0.1, 0.15) is 104 Å². The highest BCUT2D eigenvalue weighted by Gasteiger charge is 2.17. The van der Waals surface area contributed by atoms with Crippen molar-refractivity contribution in [3.8, 4) is 0 Å². The van der Waals surface area contributed by atoms with Crippen LogP contribution in [0.2, 0.25) is 0 Å². The topological polar surface area (TPSA) is 20.2 Å². The Bertz CT molecular complexity index is 1010. The number of benzene rings is 3. The monoisotopic (exact) mass is 414 g/mol. The molecular weight excluding hydrogens is 376 g/mol. The van der Waals surface area contributed by atoms with Crippen molar-refractivity contribution in [1.82, 2.24) is 0 Å². The summed E-state index contributed by atoms with van der Waals surface area (Å²) in [6.45, 7) is 13.7. The molecule has 0 aliphatic rings. The van der Waals surface area contributed by atoms with Crippen molar-refractivity contribution in [2.75, 3.05) is 0 Å². The maximum absolute atomic E-state index is 10.0. The third-order valence-electron chi connectivity index (χ3n) is 6.40. The smallest absolute Gasteiger partial charge is 0.0684 e. The molecule has 1 N–H and O–H groups in total. The van der Waals surface area contributed by atoms with Crippen molar-refractivity contribution in [3.63, 3.8) is 0 Å². The van der Waals surface area contributed by atoms with E-state index in [2.05, 4.69) is 102 Å². The highest BCUT2D eigenvalue weighted by molar-refractivity contribution is 5.47. The van der Waals surface area contributed by atoms with Crippen LogP contribution in [-0.4, -0.2) is 5.11 Å². The average molecular weight is 415 g/mol. The molecule has 0 aromatic heterocycles. The number of aliphatic hydroxyl groups is 1. The van der Waals surface area contributed by atoms with Crippen LogP contribution in [0, 0.1) is 0 Å². The molecule has 0 saturated heterocycles. The molecule has 0 unspecified atom stereocenters. The lowest BCUT2D eigenvalue weighted by Crippen LogP contribution is -2.08. The Kier molecular flexibility index (Phi) is 7.73. The van der Waals surface area contributed by atoms with E-state index in [1.54, 1.807) is 0 Å². The van der Waals surface area contributed by atoms with Gasteiger partial charge in [0.15, 0.2) is 0 Å². The van der Waals surface area contributed by atoms with Gasteiger partial charge in [0, 0.05) is 0 Å². The summed E-state index contributed by atoms with van der Waals surface area (Å²) in [4.78, 5) is 0. The standard InChI is InChI=1S/C30H38O/c1-20(2)24-11-7-10-23(16-24)17-29-25(12-8-14-27(29)21(3)4)18-30-26(19-31)13-9-15-28(30)22(5)6/h7-16,20-22,31H,17-19H2,1-6H3. The minimum atomic E-state index is 0.0888. The molecule has 0 atom stereocenters. The van der Waals surface area contributed by atoms with Gasteiger partial charge in [0.25, 0.3) is 0 Å². The van der Waals surface area contributed by atoms with Gasteiger partial charge in [-0.3, -0.25) is 0 Å². The van der Waals surface area contributed by atoms with Gasteiger partial charge in [-0.2, -0.15) is 0 Å². The summed E-state index contributed by atoms with van der Waals surface area (Å²) in [5.41, 5.74) is 10.7. The fourth-order valence-corrected chi connectivity index (χ4v) is 4.59. The molecule has 0 aliphatic carbocycles. The summed E-state index contributed by atoms with van der Waals surface area (Å²) in [6, 6.07) is 22.2. The Hall–Kier alpha value is -2.38. The zero-order valence-corrected chi connectivity index (χ0v) is 20.1. The van der Waals surface area contributed by atoms with Crippen molar-refractivity contribution < 1.29 is 5.11 Å². The van der Waals surface area contributed by atoms with Gasteiger partial charge in [-0.05, 0) is 75.1 Å². The van der Waals surface area contributed by atoms with E-state index in [0.717, 1.165) is 18.4 Å². The van der Waals surface area contributed by atoms with E-state index in [0.29, 0.717) is 17.8 Å². The largest absolute Gasteiger partial charge is 0.392 e. The zero-order chi connectivity index (χ0) is 22.5. The Balaban J connectivity index is 2.09. The minimum Gasteiger partial charge on any atom is -0.392 e. The zero-order valence-electron chi connectivity index (χ0n) is 20.1. The van der Waals surface area contributed by atoms with Gasteiger partial charge in [0.2, 0.25) is 0 Å². The quantitative estimate of drug-likeness (QED) is 0.400. The molecule has 0 heterocycles. The fourth-order valence-electron chi connectivity index (χ4n) is 4.59. The van der Waals surface area contributed by atoms with Crippen LogP contribution in [-0.2, 0) is 19.4 Å². The van der Waals surface area contributed by atoms with Gasteiger partial charge in [-0.15, -0.1) is 0 Å². The average Bonchev–Trinajstić information content (AvgIpc) is 2.74. The maximum Gasteiger partial charge on any atom is 0.0684 e. The molecule has 1 nitrogen and oxygen atoms in total. The van der Waals surface area contributed by atoms with Crippen LogP contribution < -0.4 is 0 Å². The van der Waals surface area contributed by atoms with Gasteiger partial charge >= 0.3 is 0 Å². The van der Waals surface area contributed by atoms with Crippen molar-refractivity contribution in [1.29, 1.82) is 0 Å². The summed E-state index contributed by atoms with van der Waals surface area (Å²) in [5.74, 6) is 1.44. The normalized spacial score (nSPS) is 11.7. The van der Waals surface area contributed by atoms with E-state index >= 15 is 0 Å². The van der Waals surface area contributed by atoms with Crippen molar-refractivity contribution in [2.45, 2.75) is 78.7 Å². The Morgan fingerprint density at radius 1 is 0.613 bits per heavy atom. The molecule has 0 saturated carbocycles. The first-order valence-corrected chi connectivity index (χ1v) is 11.7. The van der Waals surface area contributed by atoms with Crippen LogP contribution in [0.5, 0.6) is 0 Å². The summed E-state index contributed by atoms with van der Waals surface area (Å²) < 4.78 is 0. The van der Waals surface area contributed by atoms with Crippen molar-refractivity contribution >= 4 is 0 Å². The molecular formula is C30H38O. The summed E-state index contributed by atoms with van der Waals surface area (Å²) >= 11 is 0. The first kappa shape index (κ1) is 23.3. The molecule has 0 radical (unpaired) electrons. The van der Waals surface area contributed by atoms with E-state index in [1.165, 1.54) is 38.9 Å². The molecule has 31 heavy (non-hydrogen) atoms. The van der Waals surface area contributed by atoms with E-state index in [-0.39, 0.29) is 6.61 Å². The third kappa shape index (κ3) is 5.46. The van der Waals surface area contributed by atoms with Crippen molar-refractivity contribution in [2.24, 2.45) is 0 Å². The first-order valence-electron chi connectivity index (χ1n) is 11.7. The molecule has 164 valence electrons. The highest BCUT2D eigenvalue weighted by atomic mass is 16.3. The van der Waals surface area contributed by atoms with E-state index in [1.807, 2.05) is 0 Å². The molecule has 3 rings (SSSR count). The minimum absolute atomic E-state index is 0.0888. The lowest BCUT2D eigenvalue weighted by molar-refractivity contribution is 0.280. The molecule has 0 bridgehead atoms. The summed E-state index contributed by atoms with van der Waals surface area (Å²) in [5, 5.41) is 10.0. The van der Waals surface area contributed by atoms with Gasteiger partial charge in [0.05, 0.1) is 6.61 Å². The molecule has 3 aromatic carbocycles. The molecule has 0 fully saturated rings. The fraction of sp³-hybridized carbons (Fsp3) is 0.400. The SMILES string of the molecule is CC(C)c1cccc(Cc2c(Cc3c(CO)cccc3C(C)C)cccc2C(C)C)c1. The highest BCUT2D eigenvalue weighted by Crippen LogP contribution is 2.31. The Labute approximate surface area is 189 Å². The van der Waals surface area contributed by atoms with E-state index < -0.39 is 0 Å². The number of aliphatic hydroxyl groups excluding tert-OH is 1. The molecule has 0 aliphatic heterocycles. The molecule has 0 amide bonds. The lowest BCUT2D eigenvalue weighted by atomic mass is 9.84. The van der Waals surface area contributed by atoms with E-state index in [4.69, 9.17) is 0 Å². The van der Waals surface area contributed by atoms with Gasteiger partial charge in [-0.25, -0.2) is 0 Å². The second kappa shape index (κ2) is 10.3. The van der Waals surface area contributed by atoms with Gasteiger partial charge < -0.3 is 5.11 Å². The summed E-state index contributed by atoms with van der Waals surface area (Å²) in [7, 11) is 0. The van der Waals surface area contributed by atoms with Crippen LogP contribution in [0.3, 0.4) is 0 Å². The third-order valence-corrected chi connectivity index (χ3v) is 6.40. The Morgan fingerprint density at radius 3 is 1.71 bits per heavy atom. The van der Waals surface area contributed by atoms with Gasteiger partial charge in [-0.1, -0.05) is 102 Å². The van der Waals surface area contributed by atoms with Crippen LogP contribution in [0.15, 0.2) is 60.7 Å². The van der Waals surface area contributed by atoms with Crippen LogP contribution in [0.4, 0.5) is 0 Å². The molecule has 0 spiro atoms. The van der Waals surface area contributed by atoms with E-state index in [9.17, 15) is 5.11 Å². The van der Waals surface area contributed by atoms with Gasteiger partial charge in [0.1, 0.15) is 0 Å². The molecule has 3 aromatic rings. The maximum atomic E-state index is 10.0. The lowest BCUT2D eigenvalue weighted by Gasteiger charge is -2.21. The number of hydrogen-bond acceptors (Lipinski definition) is 1. The number of hydrogen-bond donors (Lipinski definition) is 1.